The van der Waals surface area contributed by atoms with Crippen molar-refractivity contribution in [3.63, 3.8) is 0 Å². The second-order valence-corrected chi connectivity index (χ2v) is 8.12. The van der Waals surface area contributed by atoms with E-state index in [2.05, 4.69) is 36.6 Å². The molecular weight excluding hydrogens is 430 g/mol. The van der Waals surface area contributed by atoms with Gasteiger partial charge in [-0.05, 0) is 37.1 Å². The average Bonchev–Trinajstić information content (AvgIpc) is 2.78. The molecule has 1 aliphatic carbocycles. The fourth-order valence-electron chi connectivity index (χ4n) is 3.21. The van der Waals surface area contributed by atoms with Gasteiger partial charge in [0.05, 0.1) is 30.2 Å². The van der Waals surface area contributed by atoms with Crippen LogP contribution >= 0.6 is 31.9 Å². The van der Waals surface area contributed by atoms with Crippen molar-refractivity contribution in [2.75, 3.05) is 12.0 Å². The number of fused-ring (bicyclic) bond motifs is 1. The molecule has 7 heteroatoms. The molecule has 1 saturated carbocycles. The highest BCUT2D eigenvalue weighted by Gasteiger charge is 2.52. The minimum Gasteiger partial charge on any atom is -0.465 e. The number of imide groups is 1. The first-order valence-electron chi connectivity index (χ1n) is 7.28. The van der Waals surface area contributed by atoms with Crippen LogP contribution < -0.4 is 4.90 Å². The Morgan fingerprint density at radius 2 is 1.52 bits per heavy atom. The maximum atomic E-state index is 12.7. The Morgan fingerprint density at radius 3 is 1.96 bits per heavy atom. The number of hydrogen-bond donors (Lipinski definition) is 0. The molecule has 3 rings (SSSR count). The predicted molar refractivity (Wildman–Crippen MR) is 91.9 cm³/mol. The summed E-state index contributed by atoms with van der Waals surface area (Å²) in [5, 5.41) is 0. The molecule has 2 aliphatic rings. The van der Waals surface area contributed by atoms with Gasteiger partial charge in [0.1, 0.15) is 0 Å². The highest BCUT2D eigenvalue weighted by Crippen LogP contribution is 2.44. The quantitative estimate of drug-likeness (QED) is 0.399. The lowest BCUT2D eigenvalue weighted by molar-refractivity contribution is -0.122. The van der Waals surface area contributed by atoms with Crippen LogP contribution in [-0.4, -0.2) is 34.5 Å². The molecule has 0 radical (unpaired) electrons. The van der Waals surface area contributed by atoms with Crippen LogP contribution in [0.15, 0.2) is 24.3 Å². The van der Waals surface area contributed by atoms with E-state index >= 15 is 0 Å². The Bertz CT molecular complexity index is 633. The van der Waals surface area contributed by atoms with Gasteiger partial charge in [0, 0.05) is 9.65 Å². The van der Waals surface area contributed by atoms with Crippen LogP contribution in [0, 0.1) is 11.8 Å². The molecule has 0 N–H and O–H groups in total. The first kappa shape index (κ1) is 16.6. The number of carbonyl (C=O) groups is 3. The van der Waals surface area contributed by atoms with Gasteiger partial charge in [0.15, 0.2) is 0 Å². The summed E-state index contributed by atoms with van der Waals surface area (Å²) in [5.41, 5.74) is 0.883. The number of benzene rings is 1. The standard InChI is InChI=1S/C16H15Br2NO4/c1-23-16(22)8-2-4-9(5-3-8)19-14(20)10-6-12(17)13(18)7-11(10)15(19)21/h2-5,10-13H,6-7H2,1H3. The summed E-state index contributed by atoms with van der Waals surface area (Å²) in [6.07, 6.45) is 1.28. The van der Waals surface area contributed by atoms with Crippen molar-refractivity contribution >= 4 is 55.3 Å². The van der Waals surface area contributed by atoms with Crippen LogP contribution in [0.4, 0.5) is 5.69 Å². The van der Waals surface area contributed by atoms with Crippen LogP contribution in [0.1, 0.15) is 23.2 Å². The van der Waals surface area contributed by atoms with E-state index in [0.29, 0.717) is 24.1 Å². The number of halogens is 2. The molecule has 1 aliphatic heterocycles. The molecule has 2 amide bonds. The number of rotatable bonds is 2. The lowest BCUT2D eigenvalue weighted by atomic mass is 9.81. The molecule has 1 aromatic rings. The predicted octanol–water partition coefficient (Wildman–Crippen LogP) is 2.90. The Hall–Kier alpha value is -1.21. The zero-order chi connectivity index (χ0) is 16.7. The number of anilines is 1. The molecule has 1 heterocycles. The van der Waals surface area contributed by atoms with E-state index < -0.39 is 5.97 Å². The maximum absolute atomic E-state index is 12.7. The summed E-state index contributed by atoms with van der Waals surface area (Å²) in [5.74, 6) is -1.32. The summed E-state index contributed by atoms with van der Waals surface area (Å²) >= 11 is 7.13. The minimum absolute atomic E-state index is 0.158. The van der Waals surface area contributed by atoms with Gasteiger partial charge >= 0.3 is 5.97 Å². The van der Waals surface area contributed by atoms with Gasteiger partial charge in [0.2, 0.25) is 11.8 Å². The summed E-state index contributed by atoms with van der Waals surface area (Å²) in [4.78, 5) is 38.4. The average molecular weight is 445 g/mol. The lowest BCUT2D eigenvalue weighted by Crippen LogP contribution is -2.34. The second kappa shape index (κ2) is 6.36. The monoisotopic (exact) mass is 443 g/mol. The number of esters is 1. The number of alkyl halides is 2. The third-order valence-electron chi connectivity index (χ3n) is 4.46. The highest BCUT2D eigenvalue weighted by atomic mass is 79.9. The summed E-state index contributed by atoms with van der Waals surface area (Å²) in [6, 6.07) is 6.34. The van der Waals surface area contributed by atoms with Gasteiger partial charge in [-0.3, -0.25) is 14.5 Å². The largest absolute Gasteiger partial charge is 0.465 e. The molecule has 0 bridgehead atoms. The van der Waals surface area contributed by atoms with Gasteiger partial charge in [-0.25, -0.2) is 4.79 Å². The Morgan fingerprint density at radius 1 is 1.04 bits per heavy atom. The van der Waals surface area contributed by atoms with Gasteiger partial charge in [-0.2, -0.15) is 0 Å². The van der Waals surface area contributed by atoms with E-state index in [4.69, 9.17) is 0 Å². The van der Waals surface area contributed by atoms with Crippen molar-refractivity contribution in [2.24, 2.45) is 11.8 Å². The van der Waals surface area contributed by atoms with E-state index in [1.807, 2.05) is 0 Å². The number of nitrogens with zero attached hydrogens (tertiary/aromatic N) is 1. The molecule has 1 saturated heterocycles. The smallest absolute Gasteiger partial charge is 0.337 e. The third-order valence-corrected chi connectivity index (χ3v) is 7.19. The first-order chi connectivity index (χ1) is 10.9. The Balaban J connectivity index is 1.87. The number of carbonyl (C=O) groups excluding carboxylic acids is 3. The molecule has 23 heavy (non-hydrogen) atoms. The molecule has 0 aromatic heterocycles. The van der Waals surface area contributed by atoms with E-state index in [0.717, 1.165) is 0 Å². The fourth-order valence-corrected chi connectivity index (χ4v) is 4.45. The maximum Gasteiger partial charge on any atom is 0.337 e. The molecule has 1 aromatic carbocycles. The minimum atomic E-state index is -0.450. The fraction of sp³-hybridized carbons (Fsp3) is 0.438. The van der Waals surface area contributed by atoms with Crippen molar-refractivity contribution in [1.29, 1.82) is 0 Å². The van der Waals surface area contributed by atoms with E-state index in [9.17, 15) is 14.4 Å². The van der Waals surface area contributed by atoms with Crippen molar-refractivity contribution in [3.05, 3.63) is 29.8 Å². The second-order valence-electron chi connectivity index (χ2n) is 5.77. The SMILES string of the molecule is COC(=O)c1ccc(N2C(=O)C3CC(Br)C(Br)CC3C2=O)cc1. The number of ether oxygens (including phenoxy) is 1. The molecule has 2 fully saturated rings. The van der Waals surface area contributed by atoms with Crippen LogP contribution in [0.3, 0.4) is 0 Å². The Labute approximate surface area is 150 Å². The Kier molecular flexibility index (Phi) is 4.60. The van der Waals surface area contributed by atoms with E-state index in [1.54, 1.807) is 24.3 Å². The van der Waals surface area contributed by atoms with Crippen molar-refractivity contribution < 1.29 is 19.1 Å². The molecule has 4 unspecified atom stereocenters. The summed E-state index contributed by atoms with van der Waals surface area (Å²) in [6.45, 7) is 0. The van der Waals surface area contributed by atoms with Crippen LogP contribution in [-0.2, 0) is 14.3 Å². The topological polar surface area (TPSA) is 63.7 Å². The van der Waals surface area contributed by atoms with Crippen molar-refractivity contribution in [3.8, 4) is 0 Å². The van der Waals surface area contributed by atoms with Gasteiger partial charge < -0.3 is 4.74 Å². The van der Waals surface area contributed by atoms with Crippen LogP contribution in [0.2, 0.25) is 0 Å². The summed E-state index contributed by atoms with van der Waals surface area (Å²) < 4.78 is 4.65. The normalized spacial score (nSPS) is 30.3. The van der Waals surface area contributed by atoms with Crippen molar-refractivity contribution in [1.82, 2.24) is 0 Å². The zero-order valence-corrected chi connectivity index (χ0v) is 15.5. The molecule has 0 spiro atoms. The first-order valence-corrected chi connectivity index (χ1v) is 9.11. The van der Waals surface area contributed by atoms with E-state index in [1.165, 1.54) is 12.0 Å². The van der Waals surface area contributed by atoms with Crippen LogP contribution in [0.25, 0.3) is 0 Å². The molecule has 122 valence electrons. The van der Waals surface area contributed by atoms with Gasteiger partial charge in [0.25, 0.3) is 0 Å². The summed E-state index contributed by atoms with van der Waals surface area (Å²) in [7, 11) is 1.31. The van der Waals surface area contributed by atoms with Crippen molar-refractivity contribution in [2.45, 2.75) is 22.5 Å². The molecule has 4 atom stereocenters. The highest BCUT2D eigenvalue weighted by molar-refractivity contribution is 9.12. The van der Waals surface area contributed by atoms with Crippen LogP contribution in [0.5, 0.6) is 0 Å². The zero-order valence-electron chi connectivity index (χ0n) is 12.4. The number of amides is 2. The van der Waals surface area contributed by atoms with E-state index in [-0.39, 0.29) is 33.3 Å². The number of methoxy groups -OCH3 is 1. The third kappa shape index (κ3) is 2.85. The number of hydrogen-bond acceptors (Lipinski definition) is 4. The lowest BCUT2D eigenvalue weighted by Gasteiger charge is -2.29. The molecular formula is C16H15Br2NO4. The molecule has 5 nitrogen and oxygen atoms in total. The van der Waals surface area contributed by atoms with Gasteiger partial charge in [-0.1, -0.05) is 31.9 Å². The van der Waals surface area contributed by atoms with Gasteiger partial charge in [-0.15, -0.1) is 0 Å².